The first-order chi connectivity index (χ1) is 6.97. The first kappa shape index (κ1) is 11.2. The van der Waals surface area contributed by atoms with Crippen molar-refractivity contribution in [1.29, 1.82) is 0 Å². The SMILES string of the molecule is CNC(=O)c1cc(F)cc(C(C)=O)c1N. The first-order valence-corrected chi connectivity index (χ1v) is 4.29. The zero-order chi connectivity index (χ0) is 11.6. The van der Waals surface area contributed by atoms with Crippen LogP contribution in [0.15, 0.2) is 12.1 Å². The molecule has 0 fully saturated rings. The van der Waals surface area contributed by atoms with Crippen molar-refractivity contribution >= 4 is 17.4 Å². The van der Waals surface area contributed by atoms with E-state index in [1.807, 2.05) is 0 Å². The Kier molecular flexibility index (Phi) is 3.04. The number of amides is 1. The number of rotatable bonds is 2. The molecule has 1 rings (SSSR count). The number of carbonyl (C=O) groups is 2. The number of anilines is 1. The lowest BCUT2D eigenvalue weighted by Gasteiger charge is -2.08. The zero-order valence-corrected chi connectivity index (χ0v) is 8.43. The molecule has 0 heterocycles. The van der Waals surface area contributed by atoms with Gasteiger partial charge < -0.3 is 11.1 Å². The summed E-state index contributed by atoms with van der Waals surface area (Å²) in [5.41, 5.74) is 5.58. The molecule has 0 spiro atoms. The number of hydrogen-bond acceptors (Lipinski definition) is 3. The molecule has 4 nitrogen and oxygen atoms in total. The molecule has 80 valence electrons. The van der Waals surface area contributed by atoms with Crippen molar-refractivity contribution in [2.75, 3.05) is 12.8 Å². The third kappa shape index (κ3) is 2.12. The molecular formula is C10H11FN2O2. The van der Waals surface area contributed by atoms with E-state index < -0.39 is 11.7 Å². The van der Waals surface area contributed by atoms with E-state index in [0.29, 0.717) is 0 Å². The van der Waals surface area contributed by atoms with Crippen LogP contribution in [-0.2, 0) is 0 Å². The monoisotopic (exact) mass is 210 g/mol. The van der Waals surface area contributed by atoms with E-state index in [4.69, 9.17) is 5.73 Å². The van der Waals surface area contributed by atoms with Crippen LogP contribution < -0.4 is 11.1 Å². The van der Waals surface area contributed by atoms with Gasteiger partial charge in [-0.2, -0.15) is 0 Å². The number of ketones is 1. The Bertz CT molecular complexity index is 430. The summed E-state index contributed by atoms with van der Waals surface area (Å²) < 4.78 is 13.1. The highest BCUT2D eigenvalue weighted by atomic mass is 19.1. The summed E-state index contributed by atoms with van der Waals surface area (Å²) in [6, 6.07) is 2.02. The highest BCUT2D eigenvalue weighted by Gasteiger charge is 2.15. The van der Waals surface area contributed by atoms with Crippen LogP contribution in [0.2, 0.25) is 0 Å². The topological polar surface area (TPSA) is 72.2 Å². The third-order valence-corrected chi connectivity index (χ3v) is 2.00. The van der Waals surface area contributed by atoms with Crippen molar-refractivity contribution in [2.45, 2.75) is 6.92 Å². The number of nitrogens with one attached hydrogen (secondary N) is 1. The lowest BCUT2D eigenvalue weighted by Crippen LogP contribution is -2.20. The summed E-state index contributed by atoms with van der Waals surface area (Å²) in [7, 11) is 1.40. The van der Waals surface area contributed by atoms with Gasteiger partial charge in [-0.05, 0) is 19.1 Å². The van der Waals surface area contributed by atoms with E-state index in [-0.39, 0.29) is 22.6 Å². The minimum atomic E-state index is -0.659. The lowest BCUT2D eigenvalue weighted by molar-refractivity contribution is 0.0963. The van der Waals surface area contributed by atoms with Gasteiger partial charge in [0, 0.05) is 12.6 Å². The van der Waals surface area contributed by atoms with Crippen molar-refractivity contribution in [3.63, 3.8) is 0 Å². The van der Waals surface area contributed by atoms with E-state index in [1.54, 1.807) is 0 Å². The standard InChI is InChI=1S/C10H11FN2O2/c1-5(14)7-3-6(11)4-8(9(7)12)10(15)13-2/h3-4H,12H2,1-2H3,(H,13,15). The zero-order valence-electron chi connectivity index (χ0n) is 8.43. The smallest absolute Gasteiger partial charge is 0.253 e. The Balaban J connectivity index is 3.41. The van der Waals surface area contributed by atoms with Gasteiger partial charge >= 0.3 is 0 Å². The maximum atomic E-state index is 13.1. The van der Waals surface area contributed by atoms with Gasteiger partial charge in [0.25, 0.3) is 5.91 Å². The number of hydrogen-bond donors (Lipinski definition) is 2. The van der Waals surface area contributed by atoms with Crippen LogP contribution in [0.25, 0.3) is 0 Å². The molecule has 1 amide bonds. The van der Waals surface area contributed by atoms with Crippen LogP contribution in [0.5, 0.6) is 0 Å². The third-order valence-electron chi connectivity index (χ3n) is 2.00. The number of halogens is 1. The van der Waals surface area contributed by atoms with Gasteiger partial charge in [-0.1, -0.05) is 0 Å². The minimum absolute atomic E-state index is 0.00301. The number of nitrogens with two attached hydrogens (primary N) is 1. The Morgan fingerprint density at radius 3 is 2.33 bits per heavy atom. The van der Waals surface area contributed by atoms with E-state index >= 15 is 0 Å². The first-order valence-electron chi connectivity index (χ1n) is 4.29. The highest BCUT2D eigenvalue weighted by Crippen LogP contribution is 2.20. The van der Waals surface area contributed by atoms with Crippen molar-refractivity contribution in [1.82, 2.24) is 5.32 Å². The Labute approximate surface area is 86.3 Å². The molecule has 3 N–H and O–H groups in total. The van der Waals surface area contributed by atoms with Crippen LogP contribution in [0.4, 0.5) is 10.1 Å². The molecule has 0 unspecified atom stereocenters. The fourth-order valence-corrected chi connectivity index (χ4v) is 1.23. The molecule has 15 heavy (non-hydrogen) atoms. The van der Waals surface area contributed by atoms with Crippen LogP contribution in [0.1, 0.15) is 27.6 Å². The summed E-state index contributed by atoms with van der Waals surface area (Å²) in [4.78, 5) is 22.4. The second-order valence-corrected chi connectivity index (χ2v) is 3.05. The minimum Gasteiger partial charge on any atom is -0.397 e. The molecule has 0 saturated heterocycles. The van der Waals surface area contributed by atoms with Gasteiger partial charge in [-0.3, -0.25) is 9.59 Å². The van der Waals surface area contributed by atoms with E-state index in [2.05, 4.69) is 5.32 Å². The molecule has 0 bridgehead atoms. The predicted octanol–water partition coefficient (Wildman–Crippen LogP) is 0.970. The molecule has 1 aromatic carbocycles. The maximum Gasteiger partial charge on any atom is 0.253 e. The molecule has 0 saturated carbocycles. The van der Waals surface area contributed by atoms with Gasteiger partial charge in [0.05, 0.1) is 11.3 Å². The molecule has 0 aliphatic carbocycles. The summed E-state index contributed by atoms with van der Waals surface area (Å²) in [5.74, 6) is -1.56. The van der Waals surface area contributed by atoms with E-state index in [0.717, 1.165) is 12.1 Å². The van der Waals surface area contributed by atoms with E-state index in [9.17, 15) is 14.0 Å². The lowest BCUT2D eigenvalue weighted by atomic mass is 10.0. The van der Waals surface area contributed by atoms with Crippen LogP contribution >= 0.6 is 0 Å². The predicted molar refractivity (Wildman–Crippen MR) is 54.2 cm³/mol. The second-order valence-electron chi connectivity index (χ2n) is 3.05. The largest absolute Gasteiger partial charge is 0.397 e. The Hall–Kier alpha value is -1.91. The van der Waals surface area contributed by atoms with Crippen LogP contribution in [-0.4, -0.2) is 18.7 Å². The summed E-state index contributed by atoms with van der Waals surface area (Å²) in [5, 5.41) is 2.32. The second kappa shape index (κ2) is 4.08. The van der Waals surface area contributed by atoms with Crippen molar-refractivity contribution < 1.29 is 14.0 Å². The van der Waals surface area contributed by atoms with Crippen molar-refractivity contribution in [2.24, 2.45) is 0 Å². The van der Waals surface area contributed by atoms with Gasteiger partial charge in [0.2, 0.25) is 0 Å². The van der Waals surface area contributed by atoms with Crippen molar-refractivity contribution in [3.05, 3.63) is 29.1 Å². The average Bonchev–Trinajstić information content (AvgIpc) is 2.19. The highest BCUT2D eigenvalue weighted by molar-refractivity contribution is 6.07. The van der Waals surface area contributed by atoms with Crippen LogP contribution in [0, 0.1) is 5.82 Å². The Morgan fingerprint density at radius 1 is 1.33 bits per heavy atom. The van der Waals surface area contributed by atoms with Gasteiger partial charge in [0.1, 0.15) is 5.82 Å². The van der Waals surface area contributed by atoms with Gasteiger partial charge in [-0.25, -0.2) is 4.39 Å². The summed E-state index contributed by atoms with van der Waals surface area (Å²) in [6.45, 7) is 1.26. The van der Waals surface area contributed by atoms with Gasteiger partial charge in [0.15, 0.2) is 5.78 Å². The molecule has 0 aliphatic heterocycles. The molecule has 0 atom stereocenters. The molecule has 5 heteroatoms. The maximum absolute atomic E-state index is 13.1. The number of Topliss-reactive ketones (excluding diaryl/α,β-unsaturated/α-hetero) is 1. The van der Waals surface area contributed by atoms with Crippen LogP contribution in [0.3, 0.4) is 0 Å². The number of carbonyl (C=O) groups excluding carboxylic acids is 2. The summed E-state index contributed by atoms with van der Waals surface area (Å²) >= 11 is 0. The fourth-order valence-electron chi connectivity index (χ4n) is 1.23. The molecule has 0 aromatic heterocycles. The van der Waals surface area contributed by atoms with E-state index in [1.165, 1.54) is 14.0 Å². The molecule has 0 aliphatic rings. The quantitative estimate of drug-likeness (QED) is 0.564. The molecule has 1 aromatic rings. The number of nitrogen functional groups attached to an aromatic ring is 1. The molecular weight excluding hydrogens is 199 g/mol. The number of benzene rings is 1. The van der Waals surface area contributed by atoms with Gasteiger partial charge in [-0.15, -0.1) is 0 Å². The Morgan fingerprint density at radius 2 is 1.87 bits per heavy atom. The molecule has 0 radical (unpaired) electrons. The average molecular weight is 210 g/mol. The van der Waals surface area contributed by atoms with Crippen molar-refractivity contribution in [3.8, 4) is 0 Å². The summed E-state index contributed by atoms with van der Waals surface area (Å²) in [6.07, 6.45) is 0. The fraction of sp³-hybridized carbons (Fsp3) is 0.200. The normalized spacial score (nSPS) is 9.80.